The Morgan fingerprint density at radius 3 is 2.47 bits per heavy atom. The van der Waals surface area contributed by atoms with E-state index in [1.807, 2.05) is 0 Å². The van der Waals surface area contributed by atoms with Crippen LogP contribution in [0.3, 0.4) is 0 Å². The van der Waals surface area contributed by atoms with Crippen molar-refractivity contribution in [3.8, 4) is 0 Å². The van der Waals surface area contributed by atoms with Crippen LogP contribution in [-0.4, -0.2) is 19.1 Å². The number of nitrogens with zero attached hydrogens (tertiary/aromatic N) is 1. The number of halogens is 1. The van der Waals surface area contributed by atoms with Gasteiger partial charge in [-0.15, -0.1) is 0 Å². The maximum absolute atomic E-state index is 5.57. The average molecular weight is 299 g/mol. The summed E-state index contributed by atoms with van der Waals surface area (Å²) >= 11 is 3.66. The Morgan fingerprint density at radius 1 is 1.35 bits per heavy atom. The first-order chi connectivity index (χ1) is 7.92. The molecule has 96 valence electrons. The Balaban J connectivity index is 2.99. The van der Waals surface area contributed by atoms with Crippen molar-refractivity contribution in [2.75, 3.05) is 18.5 Å². The van der Waals surface area contributed by atoms with Crippen molar-refractivity contribution >= 4 is 21.6 Å². The van der Waals surface area contributed by atoms with Crippen LogP contribution < -0.4 is 10.6 Å². The van der Waals surface area contributed by atoms with Gasteiger partial charge >= 0.3 is 0 Å². The second kappa shape index (κ2) is 5.87. The molecule has 3 heteroatoms. The Labute approximate surface area is 113 Å². The van der Waals surface area contributed by atoms with E-state index in [9.17, 15) is 0 Å². The van der Waals surface area contributed by atoms with Gasteiger partial charge in [0.25, 0.3) is 0 Å². The predicted molar refractivity (Wildman–Crippen MR) is 79.7 cm³/mol. The first-order valence-electron chi connectivity index (χ1n) is 6.14. The number of hydrogen-bond donors (Lipinski definition) is 1. The van der Waals surface area contributed by atoms with E-state index in [1.165, 1.54) is 11.3 Å². The van der Waals surface area contributed by atoms with Gasteiger partial charge in [-0.3, -0.25) is 0 Å². The maximum atomic E-state index is 5.57. The fourth-order valence-electron chi connectivity index (χ4n) is 1.71. The van der Waals surface area contributed by atoms with Gasteiger partial charge in [0.05, 0.1) is 5.69 Å². The summed E-state index contributed by atoms with van der Waals surface area (Å²) in [5.41, 5.74) is 8.26. The largest absolute Gasteiger partial charge is 0.369 e. The molecule has 0 fully saturated rings. The van der Waals surface area contributed by atoms with Gasteiger partial charge < -0.3 is 10.6 Å². The highest BCUT2D eigenvalue weighted by molar-refractivity contribution is 9.10. The predicted octanol–water partition coefficient (Wildman–Crippen LogP) is 3.58. The molecule has 0 atom stereocenters. The molecule has 0 heterocycles. The van der Waals surface area contributed by atoms with Crippen molar-refractivity contribution < 1.29 is 0 Å². The molecule has 0 unspecified atom stereocenters. The molecule has 0 aliphatic rings. The molecule has 2 N–H and O–H groups in total. The Bertz CT molecular complexity index is 374. The Morgan fingerprint density at radius 2 is 2.00 bits per heavy atom. The van der Waals surface area contributed by atoms with Crippen molar-refractivity contribution in [2.45, 2.75) is 39.2 Å². The van der Waals surface area contributed by atoms with E-state index >= 15 is 0 Å². The summed E-state index contributed by atoms with van der Waals surface area (Å²) < 4.78 is 1.15. The van der Waals surface area contributed by atoms with Crippen molar-refractivity contribution in [1.29, 1.82) is 0 Å². The summed E-state index contributed by atoms with van der Waals surface area (Å²) in [7, 11) is 2.15. The van der Waals surface area contributed by atoms with Gasteiger partial charge in [-0.1, -0.05) is 13.0 Å². The minimum absolute atomic E-state index is 0.165. The summed E-state index contributed by atoms with van der Waals surface area (Å²) in [6, 6.07) is 6.51. The molecule has 0 amide bonds. The molecule has 2 nitrogen and oxygen atoms in total. The molecule has 0 aromatic heterocycles. The second-order valence-corrected chi connectivity index (χ2v) is 5.90. The summed E-state index contributed by atoms with van der Waals surface area (Å²) in [6.45, 7) is 7.43. The first kappa shape index (κ1) is 14.5. The third-order valence-electron chi connectivity index (χ3n) is 3.58. The van der Waals surface area contributed by atoms with Crippen LogP contribution in [0.15, 0.2) is 22.7 Å². The van der Waals surface area contributed by atoms with Crippen LogP contribution >= 0.6 is 15.9 Å². The Kier molecular flexibility index (Phi) is 5.02. The number of nitrogens with two attached hydrogens (primary N) is 1. The molecule has 1 rings (SSSR count). The molecule has 0 aliphatic heterocycles. The van der Waals surface area contributed by atoms with Gasteiger partial charge in [-0.2, -0.15) is 0 Å². The fraction of sp³-hybridized carbons (Fsp3) is 0.571. The molecule has 0 aliphatic carbocycles. The third kappa shape index (κ3) is 3.46. The standard InChI is InChI=1S/C14H23BrN2/c1-5-14(2,3)17(4)13-7-6-11(8-9-16)10-12(13)15/h6-7,10H,5,8-9,16H2,1-4H3. The van der Waals surface area contributed by atoms with Gasteiger partial charge in [0, 0.05) is 17.1 Å². The van der Waals surface area contributed by atoms with Crippen LogP contribution in [0.25, 0.3) is 0 Å². The summed E-state index contributed by atoms with van der Waals surface area (Å²) in [6.07, 6.45) is 2.04. The van der Waals surface area contributed by atoms with Crippen LogP contribution in [0.5, 0.6) is 0 Å². The van der Waals surface area contributed by atoms with Crippen molar-refractivity contribution in [1.82, 2.24) is 0 Å². The van der Waals surface area contributed by atoms with Crippen LogP contribution in [0.2, 0.25) is 0 Å². The lowest BCUT2D eigenvalue weighted by molar-refractivity contribution is 0.470. The van der Waals surface area contributed by atoms with E-state index in [0.29, 0.717) is 6.54 Å². The lowest BCUT2D eigenvalue weighted by Crippen LogP contribution is -2.40. The molecule has 1 aromatic carbocycles. The van der Waals surface area contributed by atoms with E-state index in [4.69, 9.17) is 5.73 Å². The minimum Gasteiger partial charge on any atom is -0.369 e. The van der Waals surface area contributed by atoms with Crippen LogP contribution in [0.4, 0.5) is 5.69 Å². The lowest BCUT2D eigenvalue weighted by atomic mass is 9.99. The van der Waals surface area contributed by atoms with E-state index in [-0.39, 0.29) is 5.54 Å². The van der Waals surface area contributed by atoms with Crippen molar-refractivity contribution in [2.24, 2.45) is 5.73 Å². The molecule has 1 aromatic rings. The Hall–Kier alpha value is -0.540. The second-order valence-electron chi connectivity index (χ2n) is 5.05. The highest BCUT2D eigenvalue weighted by Gasteiger charge is 2.22. The summed E-state index contributed by atoms with van der Waals surface area (Å²) in [5.74, 6) is 0. The molecule has 0 saturated carbocycles. The number of rotatable bonds is 5. The monoisotopic (exact) mass is 298 g/mol. The highest BCUT2D eigenvalue weighted by atomic mass is 79.9. The van der Waals surface area contributed by atoms with Crippen LogP contribution in [0.1, 0.15) is 32.8 Å². The van der Waals surface area contributed by atoms with Crippen molar-refractivity contribution in [3.05, 3.63) is 28.2 Å². The maximum Gasteiger partial charge on any atom is 0.0512 e. The van der Waals surface area contributed by atoms with E-state index in [1.54, 1.807) is 0 Å². The first-order valence-corrected chi connectivity index (χ1v) is 6.94. The molecule has 0 saturated heterocycles. The molecule has 0 spiro atoms. The molecule has 17 heavy (non-hydrogen) atoms. The molecular weight excluding hydrogens is 276 g/mol. The summed E-state index contributed by atoms with van der Waals surface area (Å²) in [4.78, 5) is 2.32. The number of anilines is 1. The van der Waals surface area contributed by atoms with Gasteiger partial charge in [0.1, 0.15) is 0 Å². The molecule has 0 radical (unpaired) electrons. The van der Waals surface area contributed by atoms with Crippen molar-refractivity contribution in [3.63, 3.8) is 0 Å². The SMILES string of the molecule is CCC(C)(C)N(C)c1ccc(CCN)cc1Br. The zero-order chi connectivity index (χ0) is 13.1. The van der Waals surface area contributed by atoms with Gasteiger partial charge in [-0.05, 0) is 66.9 Å². The van der Waals surface area contributed by atoms with E-state index in [0.717, 1.165) is 17.3 Å². The zero-order valence-electron chi connectivity index (χ0n) is 11.3. The lowest BCUT2D eigenvalue weighted by Gasteiger charge is -2.37. The van der Waals surface area contributed by atoms with E-state index in [2.05, 4.69) is 66.8 Å². The third-order valence-corrected chi connectivity index (χ3v) is 4.21. The number of hydrogen-bond acceptors (Lipinski definition) is 2. The minimum atomic E-state index is 0.165. The fourth-order valence-corrected chi connectivity index (χ4v) is 2.40. The highest BCUT2D eigenvalue weighted by Crippen LogP contribution is 2.32. The molecule has 0 bridgehead atoms. The summed E-state index contributed by atoms with van der Waals surface area (Å²) in [5, 5.41) is 0. The van der Waals surface area contributed by atoms with Gasteiger partial charge in [0.2, 0.25) is 0 Å². The van der Waals surface area contributed by atoms with Gasteiger partial charge in [0.15, 0.2) is 0 Å². The van der Waals surface area contributed by atoms with Crippen LogP contribution in [-0.2, 0) is 6.42 Å². The smallest absolute Gasteiger partial charge is 0.0512 e. The average Bonchev–Trinajstić information content (AvgIpc) is 2.29. The topological polar surface area (TPSA) is 29.3 Å². The number of benzene rings is 1. The molecular formula is C14H23BrN2. The zero-order valence-corrected chi connectivity index (χ0v) is 12.8. The van der Waals surface area contributed by atoms with Gasteiger partial charge in [-0.25, -0.2) is 0 Å². The van der Waals surface area contributed by atoms with Crippen LogP contribution in [0, 0.1) is 0 Å². The van der Waals surface area contributed by atoms with E-state index < -0.39 is 0 Å². The quantitative estimate of drug-likeness (QED) is 0.900. The normalized spacial score (nSPS) is 11.6.